The molecule has 0 aliphatic rings. The highest BCUT2D eigenvalue weighted by molar-refractivity contribution is 9.10. The number of ether oxygens (including phenoxy) is 1. The first kappa shape index (κ1) is 21.1. The fourth-order valence-electron chi connectivity index (χ4n) is 3.41. The Bertz CT molecular complexity index is 1200. The Kier molecular flexibility index (Phi) is 6.37. The summed E-state index contributed by atoms with van der Waals surface area (Å²) in [6.45, 7) is 4.64. The van der Waals surface area contributed by atoms with Gasteiger partial charge in [-0.15, -0.1) is 0 Å². The zero-order chi connectivity index (χ0) is 21.8. The number of fused-ring (bicyclic) bond motifs is 1. The van der Waals surface area contributed by atoms with Crippen LogP contribution in [0.5, 0.6) is 5.75 Å². The molecule has 2 aromatic carbocycles. The number of imidazole rings is 1. The summed E-state index contributed by atoms with van der Waals surface area (Å²) in [6, 6.07) is 21.6. The van der Waals surface area contributed by atoms with Gasteiger partial charge in [0.15, 0.2) is 0 Å². The molecular weight excluding hydrogens is 454 g/mol. The molecule has 0 unspecified atom stereocenters. The molecule has 5 nitrogen and oxygen atoms in total. The highest BCUT2D eigenvalue weighted by atomic mass is 79.9. The molecule has 0 spiro atoms. The number of esters is 1. The van der Waals surface area contributed by atoms with Gasteiger partial charge in [-0.05, 0) is 51.7 Å². The van der Waals surface area contributed by atoms with Crippen LogP contribution in [0.25, 0.3) is 16.9 Å². The summed E-state index contributed by atoms with van der Waals surface area (Å²) in [7, 11) is 0. The van der Waals surface area contributed by atoms with Gasteiger partial charge in [-0.1, -0.05) is 56.3 Å². The van der Waals surface area contributed by atoms with E-state index in [0.29, 0.717) is 18.7 Å². The number of pyridine rings is 1. The quantitative estimate of drug-likeness (QED) is 0.249. The molecule has 0 bridgehead atoms. The highest BCUT2D eigenvalue weighted by Gasteiger charge is 2.19. The van der Waals surface area contributed by atoms with Crippen molar-refractivity contribution in [2.75, 3.05) is 5.32 Å². The molecular formula is C25H24BrN3O2. The number of carbonyl (C=O) groups is 1. The largest absolute Gasteiger partial charge is 0.426 e. The minimum Gasteiger partial charge on any atom is -0.426 e. The van der Waals surface area contributed by atoms with Crippen LogP contribution in [0, 0.1) is 5.92 Å². The van der Waals surface area contributed by atoms with E-state index in [-0.39, 0.29) is 11.9 Å². The van der Waals surface area contributed by atoms with Gasteiger partial charge >= 0.3 is 5.97 Å². The molecule has 0 fully saturated rings. The van der Waals surface area contributed by atoms with Crippen LogP contribution in [0.15, 0.2) is 77.4 Å². The number of benzene rings is 2. The number of aromatic nitrogens is 2. The van der Waals surface area contributed by atoms with Crippen LogP contribution in [0.4, 0.5) is 5.82 Å². The lowest BCUT2D eigenvalue weighted by Gasteiger charge is -2.13. The fraction of sp³-hybridized carbons (Fsp3) is 0.200. The third-order valence-corrected chi connectivity index (χ3v) is 5.30. The SMILES string of the molecule is CC(C)CC(=O)Oc1ccccc1-c1nc2ccc(Br)cn2c1NCc1ccccc1. The van der Waals surface area contributed by atoms with E-state index >= 15 is 0 Å². The number of rotatable bonds is 7. The number of hydrogen-bond donors (Lipinski definition) is 1. The second-order valence-corrected chi connectivity index (χ2v) is 8.71. The average molecular weight is 478 g/mol. The zero-order valence-corrected chi connectivity index (χ0v) is 19.1. The van der Waals surface area contributed by atoms with E-state index < -0.39 is 0 Å². The Morgan fingerprint density at radius 3 is 2.58 bits per heavy atom. The Morgan fingerprint density at radius 2 is 1.81 bits per heavy atom. The first-order valence-electron chi connectivity index (χ1n) is 10.3. The molecule has 31 heavy (non-hydrogen) atoms. The van der Waals surface area contributed by atoms with Gasteiger partial charge < -0.3 is 10.1 Å². The van der Waals surface area contributed by atoms with Gasteiger partial charge in [-0.2, -0.15) is 0 Å². The van der Waals surface area contributed by atoms with Crippen LogP contribution in [-0.4, -0.2) is 15.4 Å². The Morgan fingerprint density at radius 1 is 1.06 bits per heavy atom. The first-order valence-corrected chi connectivity index (χ1v) is 11.1. The number of carbonyl (C=O) groups excluding carboxylic acids is 1. The van der Waals surface area contributed by atoms with E-state index in [4.69, 9.17) is 9.72 Å². The monoisotopic (exact) mass is 477 g/mol. The van der Waals surface area contributed by atoms with Crippen LogP contribution in [0.3, 0.4) is 0 Å². The zero-order valence-electron chi connectivity index (χ0n) is 17.5. The van der Waals surface area contributed by atoms with Gasteiger partial charge in [-0.3, -0.25) is 9.20 Å². The van der Waals surface area contributed by atoms with E-state index in [0.717, 1.165) is 32.8 Å². The van der Waals surface area contributed by atoms with Crippen LogP contribution in [0.2, 0.25) is 0 Å². The standard InChI is InChI=1S/C25H24BrN3O2/c1-17(2)14-23(30)31-21-11-7-6-10-20(21)24-25(27-15-18-8-4-3-5-9-18)29-16-19(26)12-13-22(29)28-24/h3-13,16-17,27H,14-15H2,1-2H3. The molecule has 0 amide bonds. The van der Waals surface area contributed by atoms with Crippen molar-refractivity contribution in [1.82, 2.24) is 9.38 Å². The highest BCUT2D eigenvalue weighted by Crippen LogP contribution is 2.36. The summed E-state index contributed by atoms with van der Waals surface area (Å²) in [6.07, 6.45) is 2.35. The lowest BCUT2D eigenvalue weighted by atomic mass is 10.1. The average Bonchev–Trinajstić information content (AvgIpc) is 3.10. The van der Waals surface area contributed by atoms with E-state index in [9.17, 15) is 4.79 Å². The predicted molar refractivity (Wildman–Crippen MR) is 127 cm³/mol. The van der Waals surface area contributed by atoms with Gasteiger partial charge in [0, 0.05) is 29.2 Å². The minimum absolute atomic E-state index is 0.232. The molecule has 0 atom stereocenters. The van der Waals surface area contributed by atoms with Crippen LogP contribution >= 0.6 is 15.9 Å². The third kappa shape index (κ3) is 4.97. The van der Waals surface area contributed by atoms with Gasteiger partial charge in [0.05, 0.1) is 0 Å². The van der Waals surface area contributed by atoms with Crippen LogP contribution < -0.4 is 10.1 Å². The number of hydrogen-bond acceptors (Lipinski definition) is 4. The Labute approximate surface area is 190 Å². The molecule has 6 heteroatoms. The summed E-state index contributed by atoms with van der Waals surface area (Å²) >= 11 is 3.55. The molecule has 0 saturated carbocycles. The van der Waals surface area contributed by atoms with Gasteiger partial charge in [0.2, 0.25) is 0 Å². The smallest absolute Gasteiger partial charge is 0.311 e. The lowest BCUT2D eigenvalue weighted by molar-refractivity contribution is -0.135. The summed E-state index contributed by atoms with van der Waals surface area (Å²) in [4.78, 5) is 17.2. The molecule has 0 aliphatic carbocycles. The van der Waals surface area contributed by atoms with E-state index in [1.165, 1.54) is 0 Å². The maximum absolute atomic E-state index is 12.3. The van der Waals surface area contributed by atoms with Crippen molar-refractivity contribution in [3.05, 3.63) is 83.0 Å². The lowest BCUT2D eigenvalue weighted by Crippen LogP contribution is -2.11. The summed E-state index contributed by atoms with van der Waals surface area (Å²) in [5.74, 6) is 1.34. The van der Waals surface area contributed by atoms with Crippen molar-refractivity contribution in [2.45, 2.75) is 26.8 Å². The third-order valence-electron chi connectivity index (χ3n) is 4.83. The molecule has 0 aliphatic heterocycles. The maximum atomic E-state index is 12.3. The molecule has 2 aromatic heterocycles. The van der Waals surface area contributed by atoms with E-state index in [2.05, 4.69) is 33.4 Å². The molecule has 4 rings (SSSR count). The summed E-state index contributed by atoms with van der Waals surface area (Å²) in [5.41, 5.74) is 3.48. The van der Waals surface area contributed by atoms with Crippen molar-refractivity contribution >= 4 is 33.4 Å². The summed E-state index contributed by atoms with van der Waals surface area (Å²) < 4.78 is 8.68. The topological polar surface area (TPSA) is 55.6 Å². The van der Waals surface area contributed by atoms with Crippen LogP contribution in [0.1, 0.15) is 25.8 Å². The minimum atomic E-state index is -0.243. The second-order valence-electron chi connectivity index (χ2n) is 7.79. The first-order chi connectivity index (χ1) is 15.0. The van der Waals surface area contributed by atoms with E-state index in [1.54, 1.807) is 0 Å². The second kappa shape index (κ2) is 9.35. The fourth-order valence-corrected chi connectivity index (χ4v) is 3.74. The molecule has 158 valence electrons. The van der Waals surface area contributed by atoms with Crippen molar-refractivity contribution < 1.29 is 9.53 Å². The number of halogens is 1. The van der Waals surface area contributed by atoms with Crippen molar-refractivity contribution in [3.8, 4) is 17.0 Å². The summed E-state index contributed by atoms with van der Waals surface area (Å²) in [5, 5.41) is 3.53. The number of nitrogens with one attached hydrogen (secondary N) is 1. The number of anilines is 1. The van der Waals surface area contributed by atoms with E-state index in [1.807, 2.05) is 79.0 Å². The Hall–Kier alpha value is -3.12. The Balaban J connectivity index is 1.76. The molecule has 0 radical (unpaired) electrons. The van der Waals surface area contributed by atoms with Crippen molar-refractivity contribution in [1.29, 1.82) is 0 Å². The van der Waals surface area contributed by atoms with Gasteiger partial charge in [0.25, 0.3) is 0 Å². The predicted octanol–water partition coefficient (Wildman–Crippen LogP) is 6.33. The van der Waals surface area contributed by atoms with Crippen LogP contribution in [-0.2, 0) is 11.3 Å². The normalized spacial score (nSPS) is 11.1. The molecule has 1 N–H and O–H groups in total. The maximum Gasteiger partial charge on any atom is 0.311 e. The molecule has 2 heterocycles. The van der Waals surface area contributed by atoms with Crippen molar-refractivity contribution in [3.63, 3.8) is 0 Å². The number of nitrogens with zero attached hydrogens (tertiary/aromatic N) is 2. The van der Waals surface area contributed by atoms with Crippen molar-refractivity contribution in [2.24, 2.45) is 5.92 Å². The van der Waals surface area contributed by atoms with Gasteiger partial charge in [0.1, 0.15) is 22.9 Å². The molecule has 0 saturated heterocycles. The molecule has 4 aromatic rings. The number of para-hydroxylation sites is 1. The van der Waals surface area contributed by atoms with Gasteiger partial charge in [-0.25, -0.2) is 4.98 Å².